The van der Waals surface area contributed by atoms with Gasteiger partial charge in [0.2, 0.25) is 0 Å². The van der Waals surface area contributed by atoms with E-state index >= 15 is 0 Å². The van der Waals surface area contributed by atoms with Crippen LogP contribution in [0.4, 0.5) is 0 Å². The maximum absolute atomic E-state index is 9.62. The van der Waals surface area contributed by atoms with Crippen LogP contribution in [-0.4, -0.2) is 48.5 Å². The molecule has 2 atom stereocenters. The summed E-state index contributed by atoms with van der Waals surface area (Å²) in [7, 11) is 0. The van der Waals surface area contributed by atoms with Gasteiger partial charge in [0.15, 0.2) is 0 Å². The highest BCUT2D eigenvalue weighted by molar-refractivity contribution is 5.05. The van der Waals surface area contributed by atoms with Gasteiger partial charge < -0.3 is 9.84 Å². The third-order valence-electron chi connectivity index (χ3n) is 2.96. The molecule has 2 rings (SSSR count). The maximum atomic E-state index is 9.62. The van der Waals surface area contributed by atoms with Crippen LogP contribution >= 0.6 is 0 Å². The van der Waals surface area contributed by atoms with E-state index in [1.807, 2.05) is 0 Å². The van der Waals surface area contributed by atoms with Crippen LogP contribution in [-0.2, 0) is 4.74 Å². The number of hydrogen-bond acceptors (Lipinski definition) is 3. The summed E-state index contributed by atoms with van der Waals surface area (Å²) in [4.78, 5) is 2.31. The Morgan fingerprint density at radius 1 is 1.54 bits per heavy atom. The standard InChI is InChI=1S/C10H17NO2/c1-8-2-4-11(5-3-8)9-6-13-7-10(9)12/h2,9-10,12H,3-7H2,1H3/t9?,10-/m1/s1. The lowest BCUT2D eigenvalue weighted by atomic mass is 10.1. The fourth-order valence-corrected chi connectivity index (χ4v) is 1.97. The van der Waals surface area contributed by atoms with E-state index in [1.165, 1.54) is 5.57 Å². The molecule has 0 aliphatic carbocycles. The topological polar surface area (TPSA) is 32.7 Å². The lowest BCUT2D eigenvalue weighted by Crippen LogP contribution is -2.44. The highest BCUT2D eigenvalue weighted by Crippen LogP contribution is 2.18. The van der Waals surface area contributed by atoms with Gasteiger partial charge in [-0.2, -0.15) is 0 Å². The molecule has 0 aromatic heterocycles. The summed E-state index contributed by atoms with van der Waals surface area (Å²) in [6, 6.07) is 0.226. The molecule has 2 aliphatic rings. The fraction of sp³-hybridized carbons (Fsp3) is 0.800. The van der Waals surface area contributed by atoms with Crippen molar-refractivity contribution in [1.29, 1.82) is 0 Å². The Morgan fingerprint density at radius 3 is 2.92 bits per heavy atom. The highest BCUT2D eigenvalue weighted by atomic mass is 16.5. The normalized spacial score (nSPS) is 36.3. The second-order valence-electron chi connectivity index (χ2n) is 3.97. The van der Waals surface area contributed by atoms with Crippen LogP contribution in [0.2, 0.25) is 0 Å². The molecule has 2 heterocycles. The van der Waals surface area contributed by atoms with Crippen molar-refractivity contribution in [2.75, 3.05) is 26.3 Å². The lowest BCUT2D eigenvalue weighted by molar-refractivity contribution is 0.0866. The summed E-state index contributed by atoms with van der Waals surface area (Å²) >= 11 is 0. The molecule has 3 heteroatoms. The SMILES string of the molecule is CC1=CCN(C2COC[C@H]2O)CC1. The first-order chi connectivity index (χ1) is 6.27. The third kappa shape index (κ3) is 1.93. The fourth-order valence-electron chi connectivity index (χ4n) is 1.97. The monoisotopic (exact) mass is 183 g/mol. The van der Waals surface area contributed by atoms with Crippen molar-refractivity contribution in [3.8, 4) is 0 Å². The van der Waals surface area contributed by atoms with Gasteiger partial charge in [-0.3, -0.25) is 4.90 Å². The average molecular weight is 183 g/mol. The van der Waals surface area contributed by atoms with Crippen LogP contribution in [0.25, 0.3) is 0 Å². The van der Waals surface area contributed by atoms with Crippen molar-refractivity contribution >= 4 is 0 Å². The summed E-state index contributed by atoms with van der Waals surface area (Å²) in [6.07, 6.45) is 3.09. The molecule has 1 fully saturated rings. The third-order valence-corrected chi connectivity index (χ3v) is 2.96. The zero-order valence-electron chi connectivity index (χ0n) is 8.07. The molecular formula is C10H17NO2. The van der Waals surface area contributed by atoms with E-state index in [0.717, 1.165) is 19.5 Å². The second-order valence-corrected chi connectivity index (χ2v) is 3.97. The van der Waals surface area contributed by atoms with E-state index in [-0.39, 0.29) is 12.1 Å². The summed E-state index contributed by atoms with van der Waals surface area (Å²) in [5.41, 5.74) is 1.46. The molecule has 1 unspecified atom stereocenters. The smallest absolute Gasteiger partial charge is 0.0950 e. The second kappa shape index (κ2) is 3.78. The number of aliphatic hydroxyl groups is 1. The van der Waals surface area contributed by atoms with E-state index in [1.54, 1.807) is 0 Å². The molecule has 0 bridgehead atoms. The zero-order chi connectivity index (χ0) is 9.26. The Hall–Kier alpha value is -0.380. The van der Waals surface area contributed by atoms with E-state index in [4.69, 9.17) is 4.74 Å². The van der Waals surface area contributed by atoms with Gasteiger partial charge >= 0.3 is 0 Å². The van der Waals surface area contributed by atoms with Gasteiger partial charge in [0.25, 0.3) is 0 Å². The van der Waals surface area contributed by atoms with Crippen LogP contribution in [0.3, 0.4) is 0 Å². The van der Waals surface area contributed by atoms with Crippen LogP contribution in [0.5, 0.6) is 0 Å². The van der Waals surface area contributed by atoms with Crippen molar-refractivity contribution in [3.05, 3.63) is 11.6 Å². The molecule has 0 aromatic carbocycles. The van der Waals surface area contributed by atoms with Crippen molar-refractivity contribution in [3.63, 3.8) is 0 Å². The largest absolute Gasteiger partial charge is 0.389 e. The van der Waals surface area contributed by atoms with Crippen molar-refractivity contribution < 1.29 is 9.84 Å². The summed E-state index contributed by atoms with van der Waals surface area (Å²) in [6.45, 7) is 5.39. The van der Waals surface area contributed by atoms with Gasteiger partial charge in [-0.15, -0.1) is 0 Å². The van der Waals surface area contributed by atoms with Crippen molar-refractivity contribution in [2.45, 2.75) is 25.5 Å². The average Bonchev–Trinajstić information content (AvgIpc) is 2.53. The number of rotatable bonds is 1. The first-order valence-corrected chi connectivity index (χ1v) is 4.93. The van der Waals surface area contributed by atoms with E-state index in [9.17, 15) is 5.11 Å². The van der Waals surface area contributed by atoms with Crippen LogP contribution in [0.15, 0.2) is 11.6 Å². The number of nitrogens with zero attached hydrogens (tertiary/aromatic N) is 1. The molecule has 0 aromatic rings. The van der Waals surface area contributed by atoms with Crippen molar-refractivity contribution in [2.24, 2.45) is 0 Å². The van der Waals surface area contributed by atoms with Gasteiger partial charge in [0.1, 0.15) is 0 Å². The van der Waals surface area contributed by atoms with Gasteiger partial charge in [-0.1, -0.05) is 11.6 Å². The van der Waals surface area contributed by atoms with E-state index in [0.29, 0.717) is 13.2 Å². The molecule has 1 N–H and O–H groups in total. The molecule has 2 aliphatic heterocycles. The predicted octanol–water partition coefficient (Wildman–Crippen LogP) is 0.398. The molecule has 0 amide bonds. The molecule has 0 saturated carbocycles. The van der Waals surface area contributed by atoms with Crippen molar-refractivity contribution in [1.82, 2.24) is 4.90 Å². The van der Waals surface area contributed by atoms with Gasteiger partial charge in [-0.05, 0) is 13.3 Å². The lowest BCUT2D eigenvalue weighted by Gasteiger charge is -2.31. The Kier molecular flexibility index (Phi) is 2.67. The molecule has 74 valence electrons. The molecular weight excluding hydrogens is 166 g/mol. The van der Waals surface area contributed by atoms with E-state index < -0.39 is 0 Å². The molecule has 0 radical (unpaired) electrons. The maximum Gasteiger partial charge on any atom is 0.0950 e. The van der Waals surface area contributed by atoms with Crippen LogP contribution in [0, 0.1) is 0 Å². The Labute approximate surface area is 79.0 Å². The first-order valence-electron chi connectivity index (χ1n) is 4.93. The highest BCUT2D eigenvalue weighted by Gasteiger charge is 2.31. The predicted molar refractivity (Wildman–Crippen MR) is 50.6 cm³/mol. The molecule has 13 heavy (non-hydrogen) atoms. The molecule has 1 saturated heterocycles. The van der Waals surface area contributed by atoms with E-state index in [2.05, 4.69) is 17.9 Å². The zero-order valence-corrected chi connectivity index (χ0v) is 8.07. The first kappa shape index (κ1) is 9.19. The minimum Gasteiger partial charge on any atom is -0.389 e. The quantitative estimate of drug-likeness (QED) is 0.597. The van der Waals surface area contributed by atoms with Crippen LogP contribution in [0.1, 0.15) is 13.3 Å². The molecule has 3 nitrogen and oxygen atoms in total. The van der Waals surface area contributed by atoms with Gasteiger partial charge in [0.05, 0.1) is 25.4 Å². The number of ether oxygens (including phenoxy) is 1. The molecule has 0 spiro atoms. The van der Waals surface area contributed by atoms with Crippen LogP contribution < -0.4 is 0 Å². The summed E-state index contributed by atoms with van der Waals surface area (Å²) in [5.74, 6) is 0. The Bertz CT molecular complexity index is 215. The number of aliphatic hydroxyl groups excluding tert-OH is 1. The van der Waals surface area contributed by atoms with Gasteiger partial charge in [-0.25, -0.2) is 0 Å². The number of hydrogen-bond donors (Lipinski definition) is 1. The minimum atomic E-state index is -0.285. The van der Waals surface area contributed by atoms with Gasteiger partial charge in [0, 0.05) is 13.1 Å². The Balaban J connectivity index is 1.94. The Morgan fingerprint density at radius 2 is 2.38 bits per heavy atom. The summed E-state index contributed by atoms with van der Waals surface area (Å²) in [5, 5.41) is 9.62. The summed E-state index contributed by atoms with van der Waals surface area (Å²) < 4.78 is 5.24. The minimum absolute atomic E-state index is 0.226.